The molecule has 0 saturated carbocycles. The Kier molecular flexibility index (Phi) is 3.89. The summed E-state index contributed by atoms with van der Waals surface area (Å²) in [5.41, 5.74) is 0.664. The summed E-state index contributed by atoms with van der Waals surface area (Å²) in [6.07, 6.45) is -1.41. The molecule has 1 aliphatic heterocycles. The van der Waals surface area contributed by atoms with E-state index in [0.29, 0.717) is 18.8 Å². The van der Waals surface area contributed by atoms with Gasteiger partial charge in [-0.25, -0.2) is 9.59 Å². The van der Waals surface area contributed by atoms with Gasteiger partial charge in [-0.3, -0.25) is 4.90 Å². The Bertz CT molecular complexity index is 470. The van der Waals surface area contributed by atoms with Gasteiger partial charge in [-0.1, -0.05) is 0 Å². The number of ether oxygens (including phenoxy) is 2. The minimum atomic E-state index is -1.11. The second kappa shape index (κ2) is 5.60. The first-order valence-corrected chi connectivity index (χ1v) is 6.05. The second-order valence-electron chi connectivity index (χ2n) is 4.08. The molecule has 102 valence electrons. The number of amides is 1. The van der Waals surface area contributed by atoms with E-state index in [1.807, 2.05) is 6.92 Å². The van der Waals surface area contributed by atoms with Crippen molar-refractivity contribution in [1.82, 2.24) is 0 Å². The largest absolute Gasteiger partial charge is 0.494 e. The maximum Gasteiger partial charge on any atom is 0.415 e. The third-order valence-corrected chi connectivity index (χ3v) is 2.81. The Morgan fingerprint density at radius 2 is 2.16 bits per heavy atom. The number of cyclic esters (lactones) is 1. The molecule has 1 aromatic rings. The molecule has 1 aliphatic rings. The standard InChI is InChI=1S/C13H15NO5/c1-2-18-10-5-3-9(4-6-10)14-8-7-11(12(15)16)19-13(14)17/h3-6,11H,2,7-8H2,1H3,(H,15,16). The van der Waals surface area contributed by atoms with E-state index in [1.54, 1.807) is 24.3 Å². The second-order valence-corrected chi connectivity index (χ2v) is 4.08. The van der Waals surface area contributed by atoms with Gasteiger partial charge in [0.25, 0.3) is 0 Å². The molecule has 6 heteroatoms. The molecule has 19 heavy (non-hydrogen) atoms. The van der Waals surface area contributed by atoms with E-state index in [2.05, 4.69) is 0 Å². The molecule has 1 aromatic carbocycles. The van der Waals surface area contributed by atoms with E-state index < -0.39 is 18.2 Å². The van der Waals surface area contributed by atoms with Crippen molar-refractivity contribution in [1.29, 1.82) is 0 Å². The lowest BCUT2D eigenvalue weighted by molar-refractivity contribution is -0.147. The van der Waals surface area contributed by atoms with Crippen LogP contribution in [0.3, 0.4) is 0 Å². The molecule has 6 nitrogen and oxygen atoms in total. The van der Waals surface area contributed by atoms with Crippen molar-refractivity contribution < 1.29 is 24.2 Å². The summed E-state index contributed by atoms with van der Waals surface area (Å²) in [5.74, 6) is -0.389. The lowest BCUT2D eigenvalue weighted by Crippen LogP contribution is -2.44. The monoisotopic (exact) mass is 265 g/mol. The lowest BCUT2D eigenvalue weighted by Gasteiger charge is -2.29. The number of aliphatic carboxylic acids is 1. The van der Waals surface area contributed by atoms with Crippen molar-refractivity contribution in [2.45, 2.75) is 19.4 Å². The van der Waals surface area contributed by atoms with Crippen LogP contribution in [0.5, 0.6) is 5.75 Å². The van der Waals surface area contributed by atoms with Gasteiger partial charge in [-0.05, 0) is 31.2 Å². The van der Waals surface area contributed by atoms with Crippen LogP contribution in [-0.2, 0) is 9.53 Å². The third kappa shape index (κ3) is 2.96. The average molecular weight is 265 g/mol. The zero-order chi connectivity index (χ0) is 13.8. The summed E-state index contributed by atoms with van der Waals surface area (Å²) >= 11 is 0. The van der Waals surface area contributed by atoms with Crippen LogP contribution in [0.2, 0.25) is 0 Å². The van der Waals surface area contributed by atoms with Crippen molar-refractivity contribution in [2.24, 2.45) is 0 Å². The molecule has 0 spiro atoms. The van der Waals surface area contributed by atoms with Crippen molar-refractivity contribution >= 4 is 17.7 Å². The van der Waals surface area contributed by atoms with Crippen LogP contribution in [0, 0.1) is 0 Å². The molecule has 2 rings (SSSR count). The molecule has 0 aliphatic carbocycles. The van der Waals surface area contributed by atoms with E-state index >= 15 is 0 Å². The molecule has 0 bridgehead atoms. The fourth-order valence-electron chi connectivity index (χ4n) is 1.88. The van der Waals surface area contributed by atoms with Crippen molar-refractivity contribution in [3.05, 3.63) is 24.3 Å². The first-order valence-electron chi connectivity index (χ1n) is 6.05. The topological polar surface area (TPSA) is 76.1 Å². The van der Waals surface area contributed by atoms with Crippen LogP contribution in [-0.4, -0.2) is 36.4 Å². The average Bonchev–Trinajstić information content (AvgIpc) is 2.40. The van der Waals surface area contributed by atoms with Crippen molar-refractivity contribution in [2.75, 3.05) is 18.1 Å². The van der Waals surface area contributed by atoms with E-state index in [9.17, 15) is 9.59 Å². The van der Waals surface area contributed by atoms with Gasteiger partial charge in [0.05, 0.1) is 6.61 Å². The lowest BCUT2D eigenvalue weighted by atomic mass is 10.2. The molecule has 0 aromatic heterocycles. The highest BCUT2D eigenvalue weighted by Crippen LogP contribution is 2.23. The summed E-state index contributed by atoms with van der Waals surface area (Å²) in [7, 11) is 0. The Labute approximate surface area is 110 Å². The van der Waals surface area contributed by atoms with Gasteiger partial charge in [0.15, 0.2) is 0 Å². The molecular formula is C13H15NO5. The van der Waals surface area contributed by atoms with E-state index in [4.69, 9.17) is 14.6 Å². The third-order valence-electron chi connectivity index (χ3n) is 2.81. The minimum absolute atomic E-state index is 0.272. The van der Waals surface area contributed by atoms with E-state index in [-0.39, 0.29) is 6.42 Å². The first kappa shape index (κ1) is 13.2. The number of carbonyl (C=O) groups excluding carboxylic acids is 1. The highest BCUT2D eigenvalue weighted by molar-refractivity contribution is 5.90. The van der Waals surface area contributed by atoms with Gasteiger partial charge in [-0.2, -0.15) is 0 Å². The molecule has 1 unspecified atom stereocenters. The van der Waals surface area contributed by atoms with Gasteiger partial charge in [0.2, 0.25) is 6.10 Å². The summed E-state index contributed by atoms with van der Waals surface area (Å²) in [6.45, 7) is 2.79. The molecule has 1 heterocycles. The molecule has 1 fully saturated rings. The zero-order valence-electron chi connectivity index (χ0n) is 10.5. The van der Waals surface area contributed by atoms with Crippen molar-refractivity contribution in [3.63, 3.8) is 0 Å². The van der Waals surface area contributed by atoms with Gasteiger partial charge >= 0.3 is 12.1 Å². The number of carbonyl (C=O) groups is 2. The van der Waals surface area contributed by atoms with Crippen LogP contribution in [0.1, 0.15) is 13.3 Å². The number of anilines is 1. The van der Waals surface area contributed by atoms with Crippen molar-refractivity contribution in [3.8, 4) is 5.75 Å². The number of nitrogens with zero attached hydrogens (tertiary/aromatic N) is 1. The fraction of sp³-hybridized carbons (Fsp3) is 0.385. The molecule has 1 saturated heterocycles. The maximum absolute atomic E-state index is 11.7. The Morgan fingerprint density at radius 1 is 1.47 bits per heavy atom. The normalized spacial score (nSPS) is 18.9. The summed E-state index contributed by atoms with van der Waals surface area (Å²) in [6, 6.07) is 7.01. The Hall–Kier alpha value is -2.24. The number of hydrogen-bond donors (Lipinski definition) is 1. The number of rotatable bonds is 4. The van der Waals surface area contributed by atoms with Crippen LogP contribution in [0.25, 0.3) is 0 Å². The predicted molar refractivity (Wildman–Crippen MR) is 67.5 cm³/mol. The van der Waals surface area contributed by atoms with Gasteiger partial charge in [0, 0.05) is 18.7 Å². The number of benzene rings is 1. The quantitative estimate of drug-likeness (QED) is 0.899. The van der Waals surface area contributed by atoms with E-state index in [0.717, 1.165) is 5.75 Å². The van der Waals surface area contributed by atoms with Crippen LogP contribution < -0.4 is 9.64 Å². The van der Waals surface area contributed by atoms with Crippen LogP contribution >= 0.6 is 0 Å². The predicted octanol–water partition coefficient (Wildman–Crippen LogP) is 1.89. The minimum Gasteiger partial charge on any atom is -0.494 e. The van der Waals surface area contributed by atoms with Gasteiger partial charge in [0.1, 0.15) is 5.75 Å². The van der Waals surface area contributed by atoms with Gasteiger partial charge in [-0.15, -0.1) is 0 Å². The van der Waals surface area contributed by atoms with Gasteiger partial charge < -0.3 is 14.6 Å². The van der Waals surface area contributed by atoms with Crippen LogP contribution in [0.4, 0.5) is 10.5 Å². The summed E-state index contributed by atoms with van der Waals surface area (Å²) in [4.78, 5) is 23.9. The Balaban J connectivity index is 2.06. The smallest absolute Gasteiger partial charge is 0.415 e. The maximum atomic E-state index is 11.7. The highest BCUT2D eigenvalue weighted by Gasteiger charge is 2.32. The summed E-state index contributed by atoms with van der Waals surface area (Å²) in [5, 5.41) is 8.80. The Morgan fingerprint density at radius 3 is 2.68 bits per heavy atom. The van der Waals surface area contributed by atoms with E-state index in [1.165, 1.54) is 4.90 Å². The SMILES string of the molecule is CCOc1ccc(N2CCC(C(=O)O)OC2=O)cc1. The molecule has 1 N–H and O–H groups in total. The molecule has 1 atom stereocenters. The molecule has 0 radical (unpaired) electrons. The molecular weight excluding hydrogens is 250 g/mol. The number of carboxylic acid groups (broad SMARTS) is 1. The first-order chi connectivity index (χ1) is 9.11. The van der Waals surface area contributed by atoms with Crippen LogP contribution in [0.15, 0.2) is 24.3 Å². The number of hydrogen-bond acceptors (Lipinski definition) is 4. The zero-order valence-corrected chi connectivity index (χ0v) is 10.5. The molecule has 1 amide bonds. The fourth-order valence-corrected chi connectivity index (χ4v) is 1.88. The summed E-state index contributed by atoms with van der Waals surface area (Å²) < 4.78 is 10.2. The number of carboxylic acids is 1. The highest BCUT2D eigenvalue weighted by atomic mass is 16.6.